The van der Waals surface area contributed by atoms with Gasteiger partial charge in [-0.15, -0.1) is 10.2 Å². The van der Waals surface area contributed by atoms with Crippen LogP contribution in [0, 0.1) is 5.92 Å². The van der Waals surface area contributed by atoms with E-state index in [-0.39, 0.29) is 6.61 Å². The lowest BCUT2D eigenvalue weighted by Gasteiger charge is -2.08. The minimum atomic E-state index is -0.445. The molecule has 0 saturated heterocycles. The molecule has 0 aliphatic rings. The number of alkyl carbamates (subject to hydrolysis) is 1. The number of nitrogens with zero attached hydrogens (tertiary/aromatic N) is 2. The first-order valence-corrected chi connectivity index (χ1v) is 5.97. The van der Waals surface area contributed by atoms with Gasteiger partial charge in [0.25, 0.3) is 0 Å². The Labute approximate surface area is 107 Å². The predicted molar refractivity (Wildman–Crippen MR) is 66.2 cm³/mol. The Hall–Kier alpha value is -1.85. The van der Waals surface area contributed by atoms with E-state index in [2.05, 4.69) is 15.5 Å². The largest absolute Gasteiger partial charge is 0.477 e. The van der Waals surface area contributed by atoms with Crippen molar-refractivity contribution in [2.45, 2.75) is 27.4 Å². The quantitative estimate of drug-likeness (QED) is 0.836. The highest BCUT2D eigenvalue weighted by molar-refractivity contribution is 5.67. The van der Waals surface area contributed by atoms with Crippen LogP contribution in [0.4, 0.5) is 4.79 Å². The van der Waals surface area contributed by atoms with Gasteiger partial charge in [-0.1, -0.05) is 13.8 Å². The van der Waals surface area contributed by atoms with E-state index in [0.717, 1.165) is 0 Å². The smallest absolute Gasteiger partial charge is 0.407 e. The molecular formula is C12H19N3O3. The van der Waals surface area contributed by atoms with Crippen molar-refractivity contribution in [1.82, 2.24) is 15.5 Å². The molecule has 0 fully saturated rings. The van der Waals surface area contributed by atoms with Gasteiger partial charge in [-0.3, -0.25) is 0 Å². The number of carbonyl (C=O) groups excluding carboxylic acids is 1. The van der Waals surface area contributed by atoms with Crippen molar-refractivity contribution in [1.29, 1.82) is 0 Å². The van der Waals surface area contributed by atoms with E-state index in [4.69, 9.17) is 9.47 Å². The number of aromatic nitrogens is 2. The zero-order chi connectivity index (χ0) is 13.4. The van der Waals surface area contributed by atoms with E-state index in [0.29, 0.717) is 30.6 Å². The fourth-order valence-electron chi connectivity index (χ4n) is 1.13. The molecule has 0 aliphatic heterocycles. The van der Waals surface area contributed by atoms with Crippen molar-refractivity contribution in [2.24, 2.45) is 5.92 Å². The Bertz CT molecular complexity index is 365. The molecule has 1 heterocycles. The molecule has 0 spiro atoms. The zero-order valence-electron chi connectivity index (χ0n) is 11.0. The van der Waals surface area contributed by atoms with Crippen molar-refractivity contribution in [3.8, 4) is 5.88 Å². The molecule has 0 aromatic carbocycles. The SMILES string of the molecule is CCOc1ccc(COC(=O)NCC(C)C)nn1. The maximum absolute atomic E-state index is 11.3. The van der Waals surface area contributed by atoms with Crippen LogP contribution in [0.2, 0.25) is 0 Å². The van der Waals surface area contributed by atoms with Gasteiger partial charge in [-0.25, -0.2) is 4.79 Å². The molecule has 1 aromatic heterocycles. The number of hydrogen-bond donors (Lipinski definition) is 1. The molecule has 1 rings (SSSR count). The zero-order valence-corrected chi connectivity index (χ0v) is 11.0. The summed E-state index contributed by atoms with van der Waals surface area (Å²) in [5, 5.41) is 10.4. The fraction of sp³-hybridized carbons (Fsp3) is 0.583. The first-order chi connectivity index (χ1) is 8.61. The van der Waals surface area contributed by atoms with Crippen molar-refractivity contribution < 1.29 is 14.3 Å². The van der Waals surface area contributed by atoms with Gasteiger partial charge in [0.2, 0.25) is 5.88 Å². The Morgan fingerprint density at radius 1 is 1.39 bits per heavy atom. The summed E-state index contributed by atoms with van der Waals surface area (Å²) in [6.07, 6.45) is -0.445. The number of nitrogens with one attached hydrogen (secondary N) is 1. The number of ether oxygens (including phenoxy) is 2. The van der Waals surface area contributed by atoms with Crippen LogP contribution in [0.3, 0.4) is 0 Å². The molecule has 0 bridgehead atoms. The van der Waals surface area contributed by atoms with E-state index in [9.17, 15) is 4.79 Å². The fourth-order valence-corrected chi connectivity index (χ4v) is 1.13. The molecule has 1 N–H and O–H groups in total. The number of hydrogen-bond acceptors (Lipinski definition) is 5. The van der Waals surface area contributed by atoms with Gasteiger partial charge in [0.1, 0.15) is 12.3 Å². The molecule has 0 atom stereocenters. The third-order valence-electron chi connectivity index (χ3n) is 1.99. The Morgan fingerprint density at radius 3 is 2.72 bits per heavy atom. The summed E-state index contributed by atoms with van der Waals surface area (Å²) in [5.74, 6) is 0.855. The normalized spacial score (nSPS) is 10.2. The van der Waals surface area contributed by atoms with E-state index in [1.54, 1.807) is 12.1 Å². The highest BCUT2D eigenvalue weighted by Gasteiger charge is 2.05. The van der Waals surface area contributed by atoms with Gasteiger partial charge in [0, 0.05) is 12.6 Å². The third kappa shape index (κ3) is 5.47. The van der Waals surface area contributed by atoms with Gasteiger partial charge in [0.05, 0.1) is 6.61 Å². The van der Waals surface area contributed by atoms with Crippen molar-refractivity contribution in [2.75, 3.05) is 13.2 Å². The summed E-state index contributed by atoms with van der Waals surface area (Å²) in [7, 11) is 0. The molecule has 1 amide bonds. The Morgan fingerprint density at radius 2 is 2.17 bits per heavy atom. The summed E-state index contributed by atoms with van der Waals surface area (Å²) < 4.78 is 10.1. The van der Waals surface area contributed by atoms with Crippen LogP contribution < -0.4 is 10.1 Å². The van der Waals surface area contributed by atoms with Crippen LogP contribution in [0.5, 0.6) is 5.88 Å². The van der Waals surface area contributed by atoms with Crippen LogP contribution >= 0.6 is 0 Å². The number of amides is 1. The molecular weight excluding hydrogens is 234 g/mol. The molecule has 6 heteroatoms. The lowest BCUT2D eigenvalue weighted by molar-refractivity contribution is 0.136. The van der Waals surface area contributed by atoms with Crippen LogP contribution in [0.1, 0.15) is 26.5 Å². The molecule has 0 saturated carbocycles. The average Bonchev–Trinajstić information content (AvgIpc) is 2.36. The number of carbonyl (C=O) groups is 1. The van der Waals surface area contributed by atoms with Gasteiger partial charge >= 0.3 is 6.09 Å². The maximum Gasteiger partial charge on any atom is 0.407 e. The molecule has 6 nitrogen and oxygen atoms in total. The Kier molecular flexibility index (Phi) is 5.90. The second-order valence-electron chi connectivity index (χ2n) is 4.15. The molecule has 0 unspecified atom stereocenters. The van der Waals surface area contributed by atoms with E-state index in [1.807, 2.05) is 20.8 Å². The summed E-state index contributed by atoms with van der Waals surface area (Å²) in [5.41, 5.74) is 0.582. The molecule has 18 heavy (non-hydrogen) atoms. The summed E-state index contributed by atoms with van der Waals surface area (Å²) >= 11 is 0. The average molecular weight is 253 g/mol. The first kappa shape index (κ1) is 14.2. The van der Waals surface area contributed by atoms with Gasteiger partial charge in [-0.2, -0.15) is 0 Å². The van der Waals surface area contributed by atoms with E-state index < -0.39 is 6.09 Å². The number of rotatable bonds is 6. The minimum Gasteiger partial charge on any atom is -0.477 e. The molecule has 0 aliphatic carbocycles. The van der Waals surface area contributed by atoms with E-state index in [1.165, 1.54) is 0 Å². The lowest BCUT2D eigenvalue weighted by atomic mass is 10.2. The highest BCUT2D eigenvalue weighted by Crippen LogP contribution is 2.05. The van der Waals surface area contributed by atoms with Crippen LogP contribution in [-0.4, -0.2) is 29.4 Å². The van der Waals surface area contributed by atoms with Crippen LogP contribution in [0.25, 0.3) is 0 Å². The standard InChI is InChI=1S/C12H19N3O3/c1-4-17-11-6-5-10(14-15-11)8-18-12(16)13-7-9(2)3/h5-6,9H,4,7-8H2,1-3H3,(H,13,16). The third-order valence-corrected chi connectivity index (χ3v) is 1.99. The van der Waals surface area contributed by atoms with E-state index >= 15 is 0 Å². The van der Waals surface area contributed by atoms with Crippen molar-refractivity contribution in [3.05, 3.63) is 17.8 Å². The second kappa shape index (κ2) is 7.47. The summed E-state index contributed by atoms with van der Waals surface area (Å²) in [6.45, 7) is 7.13. The van der Waals surface area contributed by atoms with Crippen LogP contribution in [0.15, 0.2) is 12.1 Å². The van der Waals surface area contributed by atoms with Gasteiger partial charge < -0.3 is 14.8 Å². The molecule has 100 valence electrons. The first-order valence-electron chi connectivity index (χ1n) is 5.97. The second-order valence-corrected chi connectivity index (χ2v) is 4.15. The molecule has 1 aromatic rings. The minimum absolute atomic E-state index is 0.101. The van der Waals surface area contributed by atoms with Crippen molar-refractivity contribution in [3.63, 3.8) is 0 Å². The monoisotopic (exact) mass is 253 g/mol. The van der Waals surface area contributed by atoms with Gasteiger partial charge in [-0.05, 0) is 18.9 Å². The summed E-state index contributed by atoms with van der Waals surface area (Å²) in [6, 6.07) is 3.41. The highest BCUT2D eigenvalue weighted by atomic mass is 16.5. The predicted octanol–water partition coefficient (Wildman–Crippen LogP) is 1.76. The van der Waals surface area contributed by atoms with Crippen molar-refractivity contribution >= 4 is 6.09 Å². The van der Waals surface area contributed by atoms with Gasteiger partial charge in [0.15, 0.2) is 0 Å². The lowest BCUT2D eigenvalue weighted by Crippen LogP contribution is -2.27. The summed E-state index contributed by atoms with van der Waals surface area (Å²) in [4.78, 5) is 11.3. The van der Waals surface area contributed by atoms with Crippen LogP contribution in [-0.2, 0) is 11.3 Å². The maximum atomic E-state index is 11.3. The topological polar surface area (TPSA) is 73.3 Å². The molecule has 0 radical (unpaired) electrons. The Balaban J connectivity index is 2.32.